The maximum atomic E-state index is 12.7. The van der Waals surface area contributed by atoms with Crippen molar-refractivity contribution in [1.82, 2.24) is 10.2 Å². The first-order chi connectivity index (χ1) is 15.5. The van der Waals surface area contributed by atoms with E-state index in [0.29, 0.717) is 5.56 Å². The average molecular weight is 482 g/mol. The second-order valence-electron chi connectivity index (χ2n) is 7.82. The topological polar surface area (TPSA) is 98.3 Å². The lowest BCUT2D eigenvalue weighted by molar-refractivity contribution is 0.0524. The number of nitrogens with zero attached hydrogens (tertiary/aromatic N) is 2. The van der Waals surface area contributed by atoms with Gasteiger partial charge < -0.3 is 4.74 Å². The molecular weight excluding hydrogens is 446 g/mol. The Morgan fingerprint density at radius 1 is 1.00 bits per heavy atom. The van der Waals surface area contributed by atoms with Crippen LogP contribution in [0.2, 0.25) is 0 Å². The molecule has 1 N–H and O–H groups in total. The van der Waals surface area contributed by atoms with E-state index >= 15 is 0 Å². The number of hydrogen-bond donors (Lipinski definition) is 1. The molecule has 32 heavy (non-hydrogen) atoms. The SMILES string of the molecule is CCCCCCCCCCCCc1ccc(S(=O)(=O)Nc2nncs2)cc1C(=O)OCC. The first-order valence-electron chi connectivity index (χ1n) is 11.6. The summed E-state index contributed by atoms with van der Waals surface area (Å²) in [4.78, 5) is 12.5. The van der Waals surface area contributed by atoms with Crippen molar-refractivity contribution in [3.8, 4) is 0 Å². The summed E-state index contributed by atoms with van der Waals surface area (Å²) in [6.07, 6.45) is 13.1. The number of esters is 1. The van der Waals surface area contributed by atoms with Gasteiger partial charge in [0.15, 0.2) is 0 Å². The van der Waals surface area contributed by atoms with Gasteiger partial charge in [-0.25, -0.2) is 13.2 Å². The van der Waals surface area contributed by atoms with Gasteiger partial charge in [-0.3, -0.25) is 4.72 Å². The lowest BCUT2D eigenvalue weighted by Crippen LogP contribution is -2.15. The Labute approximate surface area is 196 Å². The Morgan fingerprint density at radius 2 is 1.66 bits per heavy atom. The number of benzene rings is 1. The van der Waals surface area contributed by atoms with Gasteiger partial charge in [-0.2, -0.15) is 0 Å². The van der Waals surface area contributed by atoms with Crippen LogP contribution >= 0.6 is 11.3 Å². The van der Waals surface area contributed by atoms with E-state index in [4.69, 9.17) is 4.74 Å². The molecule has 0 saturated heterocycles. The van der Waals surface area contributed by atoms with Gasteiger partial charge >= 0.3 is 5.97 Å². The van der Waals surface area contributed by atoms with Crippen LogP contribution in [-0.2, 0) is 21.2 Å². The van der Waals surface area contributed by atoms with E-state index in [1.165, 1.54) is 69.0 Å². The highest BCUT2D eigenvalue weighted by molar-refractivity contribution is 7.93. The molecule has 2 aromatic rings. The van der Waals surface area contributed by atoms with Gasteiger partial charge in [0, 0.05) is 0 Å². The minimum absolute atomic E-state index is 0.00239. The minimum atomic E-state index is -3.86. The molecule has 0 atom stereocenters. The molecule has 0 radical (unpaired) electrons. The molecule has 0 aliphatic carbocycles. The summed E-state index contributed by atoms with van der Waals surface area (Å²) in [7, 11) is -3.86. The van der Waals surface area contributed by atoms with Crippen molar-refractivity contribution < 1.29 is 17.9 Å². The molecule has 0 spiro atoms. The van der Waals surface area contributed by atoms with Crippen molar-refractivity contribution in [1.29, 1.82) is 0 Å². The van der Waals surface area contributed by atoms with Gasteiger partial charge in [0.05, 0.1) is 17.1 Å². The number of ether oxygens (including phenoxy) is 1. The summed E-state index contributed by atoms with van der Waals surface area (Å²) in [5.41, 5.74) is 2.57. The van der Waals surface area contributed by atoms with Crippen molar-refractivity contribution in [3.05, 3.63) is 34.8 Å². The zero-order valence-electron chi connectivity index (χ0n) is 19.1. The molecule has 0 amide bonds. The Balaban J connectivity index is 1.93. The number of unbranched alkanes of at least 4 members (excludes halogenated alkanes) is 9. The molecule has 0 fully saturated rings. The fourth-order valence-corrected chi connectivity index (χ4v) is 5.25. The Kier molecular flexibility index (Phi) is 11.7. The van der Waals surface area contributed by atoms with Crippen LogP contribution in [0.25, 0.3) is 0 Å². The third kappa shape index (κ3) is 8.86. The van der Waals surface area contributed by atoms with Crippen LogP contribution in [0.4, 0.5) is 5.13 Å². The highest BCUT2D eigenvalue weighted by Crippen LogP contribution is 2.22. The first-order valence-corrected chi connectivity index (χ1v) is 13.9. The Bertz CT molecular complexity index is 915. The van der Waals surface area contributed by atoms with Gasteiger partial charge in [-0.15, -0.1) is 10.2 Å². The smallest absolute Gasteiger partial charge is 0.338 e. The summed E-state index contributed by atoms with van der Waals surface area (Å²) in [6, 6.07) is 4.64. The maximum Gasteiger partial charge on any atom is 0.338 e. The van der Waals surface area contributed by atoms with Crippen molar-refractivity contribution in [2.45, 2.75) is 89.4 Å². The third-order valence-electron chi connectivity index (χ3n) is 5.27. The van der Waals surface area contributed by atoms with Crippen LogP contribution in [0.3, 0.4) is 0 Å². The third-order valence-corrected chi connectivity index (χ3v) is 7.34. The zero-order valence-corrected chi connectivity index (χ0v) is 20.8. The second-order valence-corrected chi connectivity index (χ2v) is 10.3. The molecule has 1 aromatic heterocycles. The standard InChI is InChI=1S/C23H35N3O4S2/c1-3-5-6-7-8-9-10-11-12-13-14-19-15-16-20(17-21(19)22(27)30-4-2)32(28,29)26-23-25-24-18-31-23/h15-18H,3-14H2,1-2H3,(H,25,26). The lowest BCUT2D eigenvalue weighted by atomic mass is 10.00. The van der Waals surface area contributed by atoms with Crippen molar-refractivity contribution in [2.75, 3.05) is 11.3 Å². The van der Waals surface area contributed by atoms with Gasteiger partial charge in [0.25, 0.3) is 10.0 Å². The van der Waals surface area contributed by atoms with Crippen LogP contribution in [0.15, 0.2) is 28.6 Å². The van der Waals surface area contributed by atoms with Gasteiger partial charge in [-0.1, -0.05) is 82.1 Å². The molecule has 0 aliphatic rings. The lowest BCUT2D eigenvalue weighted by Gasteiger charge is -2.12. The number of aryl methyl sites for hydroxylation is 1. The van der Waals surface area contributed by atoms with E-state index in [9.17, 15) is 13.2 Å². The normalized spacial score (nSPS) is 11.4. The maximum absolute atomic E-state index is 12.7. The monoisotopic (exact) mass is 481 g/mol. The van der Waals surface area contributed by atoms with Gasteiger partial charge in [-0.05, 0) is 37.5 Å². The van der Waals surface area contributed by atoms with E-state index in [2.05, 4.69) is 21.8 Å². The molecule has 0 unspecified atom stereocenters. The molecule has 7 nitrogen and oxygen atoms in total. The van der Waals surface area contributed by atoms with E-state index in [0.717, 1.165) is 36.2 Å². The minimum Gasteiger partial charge on any atom is -0.462 e. The molecule has 2 rings (SSSR count). The largest absolute Gasteiger partial charge is 0.462 e. The van der Waals surface area contributed by atoms with E-state index in [1.807, 2.05) is 0 Å². The van der Waals surface area contributed by atoms with Gasteiger partial charge in [0.2, 0.25) is 5.13 Å². The van der Waals surface area contributed by atoms with Crippen LogP contribution < -0.4 is 4.72 Å². The fourth-order valence-electron chi connectivity index (χ4n) is 3.53. The average Bonchev–Trinajstić information content (AvgIpc) is 3.27. The number of hydrogen-bond acceptors (Lipinski definition) is 7. The zero-order chi connectivity index (χ0) is 23.2. The van der Waals surface area contributed by atoms with E-state index in [-0.39, 0.29) is 16.6 Å². The number of carbonyl (C=O) groups is 1. The summed E-state index contributed by atoms with van der Waals surface area (Å²) in [5, 5.41) is 7.51. The number of aromatic nitrogens is 2. The van der Waals surface area contributed by atoms with Crippen molar-refractivity contribution in [2.24, 2.45) is 0 Å². The number of rotatable bonds is 16. The summed E-state index contributed by atoms with van der Waals surface area (Å²) >= 11 is 1.09. The van der Waals surface area contributed by atoms with Crippen LogP contribution in [-0.4, -0.2) is 31.2 Å². The number of nitrogens with one attached hydrogen (secondary N) is 1. The summed E-state index contributed by atoms with van der Waals surface area (Å²) in [5.74, 6) is -0.498. The predicted octanol–water partition coefficient (Wildman–Crippen LogP) is 5.98. The quantitative estimate of drug-likeness (QED) is 0.234. The summed E-state index contributed by atoms with van der Waals surface area (Å²) in [6.45, 7) is 4.20. The van der Waals surface area contributed by atoms with E-state index < -0.39 is 16.0 Å². The Morgan fingerprint density at radius 3 is 2.25 bits per heavy atom. The van der Waals surface area contributed by atoms with Crippen LogP contribution in [0, 0.1) is 0 Å². The Hall–Kier alpha value is -2.00. The fraction of sp³-hybridized carbons (Fsp3) is 0.609. The van der Waals surface area contributed by atoms with Crippen molar-refractivity contribution >= 4 is 32.5 Å². The molecule has 0 aliphatic heterocycles. The second kappa shape index (κ2) is 14.2. The molecule has 1 heterocycles. The molecule has 9 heteroatoms. The highest BCUT2D eigenvalue weighted by Gasteiger charge is 2.21. The molecule has 178 valence electrons. The molecule has 0 saturated carbocycles. The molecule has 1 aromatic carbocycles. The first kappa shape index (κ1) is 26.3. The molecule has 0 bridgehead atoms. The number of carbonyl (C=O) groups excluding carboxylic acids is 1. The van der Waals surface area contributed by atoms with Crippen LogP contribution in [0.5, 0.6) is 0 Å². The van der Waals surface area contributed by atoms with Crippen molar-refractivity contribution in [3.63, 3.8) is 0 Å². The van der Waals surface area contributed by atoms with E-state index in [1.54, 1.807) is 13.0 Å². The highest BCUT2D eigenvalue weighted by atomic mass is 32.2. The molecular formula is C23H35N3O4S2. The number of anilines is 1. The van der Waals surface area contributed by atoms with Gasteiger partial charge in [0.1, 0.15) is 5.51 Å². The van der Waals surface area contributed by atoms with Crippen LogP contribution in [0.1, 0.15) is 94.0 Å². The summed E-state index contributed by atoms with van der Waals surface area (Å²) < 4.78 is 32.9. The number of sulfonamides is 1. The predicted molar refractivity (Wildman–Crippen MR) is 129 cm³/mol.